The van der Waals surface area contributed by atoms with E-state index in [0.717, 1.165) is 29.0 Å². The van der Waals surface area contributed by atoms with Crippen LogP contribution in [0.5, 0.6) is 0 Å². The lowest BCUT2D eigenvalue weighted by atomic mass is 9.88. The molecule has 1 aliphatic heterocycles. The van der Waals surface area contributed by atoms with Crippen molar-refractivity contribution in [2.24, 2.45) is 11.8 Å². The van der Waals surface area contributed by atoms with Crippen molar-refractivity contribution in [2.45, 2.75) is 6.92 Å². The highest BCUT2D eigenvalue weighted by atomic mass is 32.1. The normalized spacial score (nSPS) is 17.4. The van der Waals surface area contributed by atoms with E-state index in [-0.39, 0.29) is 11.8 Å². The zero-order chi connectivity index (χ0) is 12.5. The van der Waals surface area contributed by atoms with Crippen molar-refractivity contribution < 1.29 is 4.79 Å². The lowest BCUT2D eigenvalue weighted by Crippen LogP contribution is -2.48. The van der Waals surface area contributed by atoms with Crippen LogP contribution in [-0.4, -0.2) is 24.0 Å². The number of aromatic nitrogens is 1. The standard InChI is InChI=1S/C13H15N3OS/c1-8(9-5-14-6-9)13(17)16-10-2-3-12-11(4-10)15-7-18-12/h2-4,7-9,14H,5-6H2,1H3,(H,16,17). The topological polar surface area (TPSA) is 54.0 Å². The molecule has 0 aliphatic carbocycles. The van der Waals surface area contributed by atoms with Gasteiger partial charge in [0.15, 0.2) is 0 Å². The van der Waals surface area contributed by atoms with E-state index in [1.54, 1.807) is 11.3 Å². The lowest BCUT2D eigenvalue weighted by molar-refractivity contribution is -0.121. The third kappa shape index (κ3) is 2.11. The largest absolute Gasteiger partial charge is 0.326 e. The molecule has 0 saturated carbocycles. The Hall–Kier alpha value is -1.46. The van der Waals surface area contributed by atoms with E-state index in [4.69, 9.17) is 0 Å². The number of thiazole rings is 1. The number of benzene rings is 1. The van der Waals surface area contributed by atoms with Crippen molar-refractivity contribution in [1.29, 1.82) is 0 Å². The molecule has 0 spiro atoms. The number of rotatable bonds is 3. The number of hydrogen-bond donors (Lipinski definition) is 2. The molecule has 1 unspecified atom stereocenters. The summed E-state index contributed by atoms with van der Waals surface area (Å²) < 4.78 is 1.14. The first-order valence-electron chi connectivity index (χ1n) is 6.09. The van der Waals surface area contributed by atoms with E-state index in [1.165, 1.54) is 0 Å². The van der Waals surface area contributed by atoms with Gasteiger partial charge in [-0.1, -0.05) is 6.92 Å². The van der Waals surface area contributed by atoms with E-state index < -0.39 is 0 Å². The number of nitrogens with one attached hydrogen (secondary N) is 2. The zero-order valence-corrected chi connectivity index (χ0v) is 11.0. The van der Waals surface area contributed by atoms with Gasteiger partial charge in [0.05, 0.1) is 15.7 Å². The SMILES string of the molecule is CC(C(=O)Nc1ccc2scnc2c1)C1CNC1. The Balaban J connectivity index is 1.72. The third-order valence-corrected chi connectivity index (χ3v) is 4.34. The van der Waals surface area contributed by atoms with Crippen LogP contribution in [-0.2, 0) is 4.79 Å². The van der Waals surface area contributed by atoms with Crippen LogP contribution >= 0.6 is 11.3 Å². The van der Waals surface area contributed by atoms with Crippen molar-refractivity contribution in [3.8, 4) is 0 Å². The summed E-state index contributed by atoms with van der Waals surface area (Å²) in [6.07, 6.45) is 0. The molecule has 1 aromatic carbocycles. The molecule has 2 N–H and O–H groups in total. The van der Waals surface area contributed by atoms with Crippen LogP contribution in [0.15, 0.2) is 23.7 Å². The summed E-state index contributed by atoms with van der Waals surface area (Å²) in [4.78, 5) is 16.3. The minimum Gasteiger partial charge on any atom is -0.326 e. The number of amides is 1. The zero-order valence-electron chi connectivity index (χ0n) is 10.1. The van der Waals surface area contributed by atoms with Crippen LogP contribution in [0, 0.1) is 11.8 Å². The highest BCUT2D eigenvalue weighted by molar-refractivity contribution is 7.16. The molecule has 94 valence electrons. The highest BCUT2D eigenvalue weighted by Crippen LogP contribution is 2.23. The summed E-state index contributed by atoms with van der Waals surface area (Å²) in [5, 5.41) is 6.16. The van der Waals surface area contributed by atoms with Gasteiger partial charge in [-0.3, -0.25) is 4.79 Å². The number of anilines is 1. The van der Waals surface area contributed by atoms with Crippen molar-refractivity contribution >= 4 is 33.1 Å². The van der Waals surface area contributed by atoms with Crippen LogP contribution in [0.1, 0.15) is 6.92 Å². The molecule has 5 heteroatoms. The van der Waals surface area contributed by atoms with Gasteiger partial charge in [0.2, 0.25) is 5.91 Å². The Bertz CT molecular complexity index is 576. The number of carbonyl (C=O) groups is 1. The van der Waals surface area contributed by atoms with Crippen LogP contribution < -0.4 is 10.6 Å². The lowest BCUT2D eigenvalue weighted by Gasteiger charge is -2.31. The van der Waals surface area contributed by atoms with E-state index in [0.29, 0.717) is 5.92 Å². The molecule has 0 bridgehead atoms. The summed E-state index contributed by atoms with van der Waals surface area (Å²) in [6, 6.07) is 5.86. The molecule has 0 radical (unpaired) electrons. The molecule has 1 fully saturated rings. The van der Waals surface area contributed by atoms with Crippen LogP contribution in [0.25, 0.3) is 10.2 Å². The monoisotopic (exact) mass is 261 g/mol. The van der Waals surface area contributed by atoms with Crippen molar-refractivity contribution in [1.82, 2.24) is 10.3 Å². The molecule has 1 saturated heterocycles. The van der Waals surface area contributed by atoms with Gasteiger partial charge in [0.1, 0.15) is 0 Å². The van der Waals surface area contributed by atoms with Gasteiger partial charge in [0.25, 0.3) is 0 Å². The molecule has 1 amide bonds. The van der Waals surface area contributed by atoms with E-state index in [1.807, 2.05) is 30.6 Å². The van der Waals surface area contributed by atoms with Crippen LogP contribution in [0.4, 0.5) is 5.69 Å². The maximum absolute atomic E-state index is 12.1. The molecule has 2 heterocycles. The maximum Gasteiger partial charge on any atom is 0.227 e. The average Bonchev–Trinajstić information content (AvgIpc) is 2.73. The van der Waals surface area contributed by atoms with Gasteiger partial charge in [0, 0.05) is 11.6 Å². The fraction of sp³-hybridized carbons (Fsp3) is 0.385. The highest BCUT2D eigenvalue weighted by Gasteiger charge is 2.28. The number of fused-ring (bicyclic) bond motifs is 1. The van der Waals surface area contributed by atoms with Crippen LogP contribution in [0.3, 0.4) is 0 Å². The average molecular weight is 261 g/mol. The molecule has 4 nitrogen and oxygen atoms in total. The molecular formula is C13H15N3OS. The Labute approximate surface area is 109 Å². The molecule has 1 aliphatic rings. The van der Waals surface area contributed by atoms with Gasteiger partial charge >= 0.3 is 0 Å². The molecule has 1 aromatic heterocycles. The summed E-state index contributed by atoms with van der Waals surface area (Å²) in [5.74, 6) is 0.612. The maximum atomic E-state index is 12.1. The Morgan fingerprint density at radius 2 is 2.39 bits per heavy atom. The van der Waals surface area contributed by atoms with Gasteiger partial charge in [-0.15, -0.1) is 11.3 Å². The first kappa shape index (κ1) is 11.6. The summed E-state index contributed by atoms with van der Waals surface area (Å²) >= 11 is 1.61. The quantitative estimate of drug-likeness (QED) is 0.889. The minimum atomic E-state index is 0.0531. The summed E-state index contributed by atoms with van der Waals surface area (Å²) in [6.45, 7) is 3.88. The Kier molecular flexibility index (Phi) is 3.01. The first-order valence-corrected chi connectivity index (χ1v) is 6.97. The summed E-state index contributed by atoms with van der Waals surface area (Å²) in [7, 11) is 0. The number of nitrogens with zero attached hydrogens (tertiary/aromatic N) is 1. The van der Waals surface area contributed by atoms with Gasteiger partial charge in [-0.05, 0) is 37.2 Å². The van der Waals surface area contributed by atoms with E-state index >= 15 is 0 Å². The van der Waals surface area contributed by atoms with Gasteiger partial charge in [-0.2, -0.15) is 0 Å². The van der Waals surface area contributed by atoms with E-state index in [2.05, 4.69) is 15.6 Å². The van der Waals surface area contributed by atoms with Crippen molar-refractivity contribution in [3.63, 3.8) is 0 Å². The molecule has 1 atom stereocenters. The smallest absolute Gasteiger partial charge is 0.227 e. The first-order chi connectivity index (χ1) is 8.74. The van der Waals surface area contributed by atoms with Crippen LogP contribution in [0.2, 0.25) is 0 Å². The van der Waals surface area contributed by atoms with Gasteiger partial charge < -0.3 is 10.6 Å². The predicted molar refractivity (Wildman–Crippen MR) is 73.8 cm³/mol. The number of hydrogen-bond acceptors (Lipinski definition) is 4. The molecule has 2 aromatic rings. The van der Waals surface area contributed by atoms with E-state index in [9.17, 15) is 4.79 Å². The second-order valence-corrected chi connectivity index (χ2v) is 5.62. The summed E-state index contributed by atoms with van der Waals surface area (Å²) in [5.41, 5.74) is 3.59. The Morgan fingerprint density at radius 3 is 3.11 bits per heavy atom. The van der Waals surface area contributed by atoms with Crippen molar-refractivity contribution in [2.75, 3.05) is 18.4 Å². The second-order valence-electron chi connectivity index (χ2n) is 4.73. The number of carbonyl (C=O) groups excluding carboxylic acids is 1. The minimum absolute atomic E-state index is 0.0531. The fourth-order valence-electron chi connectivity index (χ4n) is 2.07. The second kappa shape index (κ2) is 4.66. The van der Waals surface area contributed by atoms with Gasteiger partial charge in [-0.25, -0.2) is 4.98 Å². The molecule has 18 heavy (non-hydrogen) atoms. The van der Waals surface area contributed by atoms with Crippen molar-refractivity contribution in [3.05, 3.63) is 23.7 Å². The Morgan fingerprint density at radius 1 is 1.56 bits per heavy atom. The predicted octanol–water partition coefficient (Wildman–Crippen LogP) is 2.09. The molecular weight excluding hydrogens is 246 g/mol. The fourth-order valence-corrected chi connectivity index (χ4v) is 2.73. The third-order valence-electron chi connectivity index (χ3n) is 3.53. The molecule has 3 rings (SSSR count).